The summed E-state index contributed by atoms with van der Waals surface area (Å²) in [4.78, 5) is 7.67. The van der Waals surface area contributed by atoms with Gasteiger partial charge in [-0.1, -0.05) is 0 Å². The van der Waals surface area contributed by atoms with E-state index in [1.54, 1.807) is 7.11 Å². The summed E-state index contributed by atoms with van der Waals surface area (Å²) in [6.45, 7) is 4.71. The molecule has 0 bridgehead atoms. The molecule has 3 heterocycles. The highest BCUT2D eigenvalue weighted by molar-refractivity contribution is 7.71. The highest BCUT2D eigenvalue weighted by atomic mass is 32.1. The van der Waals surface area contributed by atoms with Crippen LogP contribution in [0.1, 0.15) is 17.0 Å². The second-order valence-corrected chi connectivity index (χ2v) is 5.40. The first-order valence-electron chi connectivity index (χ1n) is 6.64. The third-order valence-electron chi connectivity index (χ3n) is 3.78. The van der Waals surface area contributed by atoms with Crippen LogP contribution in [0, 0.1) is 18.6 Å². The van der Waals surface area contributed by atoms with E-state index >= 15 is 0 Å². The van der Waals surface area contributed by atoms with E-state index in [2.05, 4.69) is 22.0 Å². The van der Waals surface area contributed by atoms with E-state index in [0.29, 0.717) is 17.2 Å². The first kappa shape index (κ1) is 13.8. The molecule has 110 valence electrons. The molecule has 0 radical (unpaired) electrons. The molecule has 0 saturated carbocycles. The average molecular weight is 303 g/mol. The number of aromatic amines is 1. The summed E-state index contributed by atoms with van der Waals surface area (Å²) in [5.74, 6) is 0.574. The lowest BCUT2D eigenvalue weighted by Gasteiger charge is -2.06. The van der Waals surface area contributed by atoms with Crippen molar-refractivity contribution < 1.29 is 4.74 Å². The Kier molecular flexibility index (Phi) is 3.29. The molecule has 21 heavy (non-hydrogen) atoms. The van der Waals surface area contributed by atoms with Crippen molar-refractivity contribution in [1.29, 1.82) is 0 Å². The van der Waals surface area contributed by atoms with Crippen molar-refractivity contribution in [3.8, 4) is 5.88 Å². The molecule has 0 aliphatic rings. The van der Waals surface area contributed by atoms with Gasteiger partial charge in [-0.15, -0.1) is 0 Å². The lowest BCUT2D eigenvalue weighted by Crippen LogP contribution is -2.04. The summed E-state index contributed by atoms with van der Waals surface area (Å²) < 4.78 is 9.71. The van der Waals surface area contributed by atoms with Gasteiger partial charge in [0, 0.05) is 24.4 Å². The Morgan fingerprint density at radius 2 is 2.10 bits per heavy atom. The third-order valence-corrected chi connectivity index (χ3v) is 4.10. The van der Waals surface area contributed by atoms with Crippen molar-refractivity contribution in [2.45, 2.75) is 20.4 Å². The normalized spacial score (nSPS) is 11.2. The van der Waals surface area contributed by atoms with Crippen molar-refractivity contribution in [3.05, 3.63) is 33.9 Å². The number of hydrogen-bond donors (Lipinski definition) is 1. The van der Waals surface area contributed by atoms with Crippen LogP contribution >= 0.6 is 12.2 Å². The molecule has 0 aromatic carbocycles. The van der Waals surface area contributed by atoms with Gasteiger partial charge in [0.2, 0.25) is 5.88 Å². The number of fused-ring (bicyclic) bond motifs is 1. The molecule has 0 aliphatic heterocycles. The molecule has 1 N–H and O–H groups in total. The molecular formula is C14H17N5OS. The number of rotatable bonds is 3. The summed E-state index contributed by atoms with van der Waals surface area (Å²) in [6.07, 6.45) is 0. The minimum absolute atomic E-state index is 0.574. The minimum Gasteiger partial charge on any atom is -0.481 e. The summed E-state index contributed by atoms with van der Waals surface area (Å²) in [5.41, 5.74) is 5.00. The van der Waals surface area contributed by atoms with Crippen molar-refractivity contribution in [2.75, 3.05) is 7.11 Å². The van der Waals surface area contributed by atoms with Crippen LogP contribution < -0.4 is 4.74 Å². The van der Waals surface area contributed by atoms with E-state index in [-0.39, 0.29) is 0 Å². The van der Waals surface area contributed by atoms with Crippen molar-refractivity contribution >= 4 is 23.4 Å². The molecule has 3 aromatic rings. The number of aromatic nitrogens is 5. The van der Waals surface area contributed by atoms with Gasteiger partial charge in [-0.25, -0.2) is 0 Å². The largest absolute Gasteiger partial charge is 0.481 e. The molecular weight excluding hydrogens is 286 g/mol. The maximum atomic E-state index is 5.42. The molecule has 7 heteroatoms. The van der Waals surface area contributed by atoms with Crippen molar-refractivity contribution in [1.82, 2.24) is 24.3 Å². The van der Waals surface area contributed by atoms with Crippen LogP contribution in [-0.2, 0) is 13.6 Å². The first-order valence-corrected chi connectivity index (χ1v) is 7.04. The van der Waals surface area contributed by atoms with Crippen LogP contribution in [0.25, 0.3) is 11.2 Å². The molecule has 0 atom stereocenters. The zero-order chi connectivity index (χ0) is 15.1. The van der Waals surface area contributed by atoms with E-state index in [9.17, 15) is 0 Å². The fourth-order valence-corrected chi connectivity index (χ4v) is 2.74. The maximum absolute atomic E-state index is 5.42. The van der Waals surface area contributed by atoms with E-state index < -0.39 is 0 Å². The van der Waals surface area contributed by atoms with Crippen molar-refractivity contribution in [2.24, 2.45) is 7.05 Å². The molecule has 0 saturated heterocycles. The number of nitrogens with zero attached hydrogens (tertiary/aromatic N) is 4. The van der Waals surface area contributed by atoms with Crippen molar-refractivity contribution in [3.63, 3.8) is 0 Å². The standard InChI is InChI=1S/C14H17N5OS/c1-8-10(9(2)18(3)17-8)7-19-13-11(15-14(19)21)5-6-12(16-13)20-4/h5-6H,7H2,1-4H3,(H,15,21). The van der Waals surface area contributed by atoms with E-state index in [1.165, 1.54) is 5.56 Å². The molecule has 0 amide bonds. The number of pyridine rings is 1. The van der Waals surface area contributed by atoms with Gasteiger partial charge in [0.25, 0.3) is 0 Å². The molecule has 0 unspecified atom stereocenters. The first-order chi connectivity index (χ1) is 10.0. The zero-order valence-electron chi connectivity index (χ0n) is 12.5. The number of ether oxygens (including phenoxy) is 1. The monoisotopic (exact) mass is 303 g/mol. The van der Waals surface area contributed by atoms with E-state index in [0.717, 1.165) is 22.6 Å². The van der Waals surface area contributed by atoms with Gasteiger partial charge in [-0.3, -0.25) is 9.25 Å². The lowest BCUT2D eigenvalue weighted by molar-refractivity contribution is 0.399. The smallest absolute Gasteiger partial charge is 0.215 e. The van der Waals surface area contributed by atoms with Gasteiger partial charge in [-0.05, 0) is 32.1 Å². The van der Waals surface area contributed by atoms with Gasteiger partial charge in [0.05, 0.1) is 24.9 Å². The Morgan fingerprint density at radius 1 is 1.33 bits per heavy atom. The zero-order valence-corrected chi connectivity index (χ0v) is 13.3. The molecule has 3 aromatic heterocycles. The number of imidazole rings is 1. The van der Waals surface area contributed by atoms with Crippen LogP contribution in [0.3, 0.4) is 0 Å². The minimum atomic E-state index is 0.574. The summed E-state index contributed by atoms with van der Waals surface area (Å²) in [7, 11) is 3.55. The number of nitrogens with one attached hydrogen (secondary N) is 1. The fourth-order valence-electron chi connectivity index (χ4n) is 2.48. The summed E-state index contributed by atoms with van der Waals surface area (Å²) in [5, 5.41) is 4.45. The predicted octanol–water partition coefficient (Wildman–Crippen LogP) is 2.50. The fraction of sp³-hybridized carbons (Fsp3) is 0.357. The third kappa shape index (κ3) is 2.23. The van der Waals surface area contributed by atoms with Crippen LogP contribution in [0.5, 0.6) is 5.88 Å². The van der Waals surface area contributed by atoms with Gasteiger partial charge in [0.1, 0.15) is 0 Å². The number of methoxy groups -OCH3 is 1. The SMILES string of the molecule is COc1ccc2[nH]c(=S)n(Cc3c(C)nn(C)c3C)c2n1. The Hall–Kier alpha value is -2.15. The molecule has 0 aliphatic carbocycles. The lowest BCUT2D eigenvalue weighted by atomic mass is 10.2. The van der Waals surface area contributed by atoms with Crippen LogP contribution in [0.2, 0.25) is 0 Å². The number of aryl methyl sites for hydroxylation is 2. The Balaban J connectivity index is 2.15. The Bertz CT molecular complexity index is 873. The number of H-pyrrole nitrogens is 1. The highest BCUT2D eigenvalue weighted by Crippen LogP contribution is 2.20. The molecule has 6 nitrogen and oxygen atoms in total. The van der Waals surface area contributed by atoms with Crippen LogP contribution in [-0.4, -0.2) is 31.4 Å². The quantitative estimate of drug-likeness (QED) is 0.755. The van der Waals surface area contributed by atoms with Gasteiger partial charge in [-0.2, -0.15) is 10.1 Å². The van der Waals surface area contributed by atoms with Gasteiger partial charge >= 0.3 is 0 Å². The van der Waals surface area contributed by atoms with Crippen LogP contribution in [0.15, 0.2) is 12.1 Å². The second-order valence-electron chi connectivity index (χ2n) is 5.01. The average Bonchev–Trinajstić information content (AvgIpc) is 2.89. The van der Waals surface area contributed by atoms with Gasteiger partial charge < -0.3 is 9.72 Å². The molecule has 0 fully saturated rings. The summed E-state index contributed by atoms with van der Waals surface area (Å²) >= 11 is 5.42. The second kappa shape index (κ2) is 5.00. The molecule has 3 rings (SSSR count). The number of hydrogen-bond acceptors (Lipinski definition) is 4. The van der Waals surface area contributed by atoms with E-state index in [4.69, 9.17) is 17.0 Å². The van der Waals surface area contributed by atoms with E-state index in [1.807, 2.05) is 35.4 Å². The Morgan fingerprint density at radius 3 is 2.71 bits per heavy atom. The highest BCUT2D eigenvalue weighted by Gasteiger charge is 2.13. The maximum Gasteiger partial charge on any atom is 0.215 e. The predicted molar refractivity (Wildman–Crippen MR) is 83.3 cm³/mol. The Labute approximate surface area is 127 Å². The summed E-state index contributed by atoms with van der Waals surface area (Å²) in [6, 6.07) is 3.74. The topological polar surface area (TPSA) is 60.7 Å². The van der Waals surface area contributed by atoms with Gasteiger partial charge in [0.15, 0.2) is 10.4 Å². The van der Waals surface area contributed by atoms with Crippen LogP contribution in [0.4, 0.5) is 0 Å². The molecule has 0 spiro atoms.